The average molecular weight is 295 g/mol. The Kier molecular flexibility index (Phi) is 4.57. The van der Waals surface area contributed by atoms with Crippen molar-refractivity contribution in [1.29, 1.82) is 0 Å². The van der Waals surface area contributed by atoms with E-state index in [4.69, 9.17) is 14.2 Å². The van der Waals surface area contributed by atoms with Crippen LogP contribution in [0.4, 0.5) is 4.79 Å². The minimum Gasteiger partial charge on any atom is -0.496 e. The highest BCUT2D eigenvalue weighted by molar-refractivity contribution is 5.70. The van der Waals surface area contributed by atoms with Gasteiger partial charge in [0, 0.05) is 23.2 Å². The lowest BCUT2D eigenvalue weighted by molar-refractivity contribution is 0.104. The number of aliphatic hydroxyl groups is 1. The van der Waals surface area contributed by atoms with Gasteiger partial charge in [-0.05, 0) is 19.4 Å². The van der Waals surface area contributed by atoms with Crippen LogP contribution in [0.25, 0.3) is 0 Å². The van der Waals surface area contributed by atoms with E-state index in [1.807, 2.05) is 6.92 Å². The van der Waals surface area contributed by atoms with Crippen LogP contribution < -0.4 is 9.47 Å². The maximum atomic E-state index is 11.9. The molecule has 0 aromatic heterocycles. The molecule has 1 aromatic carbocycles. The number of fused-ring (bicyclic) bond motifs is 1. The molecule has 0 saturated heterocycles. The third-order valence-corrected chi connectivity index (χ3v) is 3.95. The molecular weight excluding hydrogens is 274 g/mol. The molecular formula is C15H21NO5. The molecule has 0 saturated carbocycles. The Hall–Kier alpha value is -1.95. The molecule has 1 unspecified atom stereocenters. The third kappa shape index (κ3) is 2.51. The molecule has 0 aliphatic carbocycles. The minimum atomic E-state index is -0.361. The Bertz CT molecular complexity index is 543. The molecule has 1 N–H and O–H groups in total. The number of rotatable bonds is 3. The highest BCUT2D eigenvalue weighted by atomic mass is 16.5. The molecule has 0 radical (unpaired) electrons. The second-order valence-electron chi connectivity index (χ2n) is 4.91. The van der Waals surface area contributed by atoms with Crippen LogP contribution in [0.2, 0.25) is 0 Å². The fraction of sp³-hybridized carbons (Fsp3) is 0.533. The van der Waals surface area contributed by atoms with Gasteiger partial charge >= 0.3 is 6.09 Å². The van der Waals surface area contributed by atoms with E-state index in [1.165, 1.54) is 7.11 Å². The van der Waals surface area contributed by atoms with Gasteiger partial charge in [0.2, 0.25) is 0 Å². The monoisotopic (exact) mass is 295 g/mol. The van der Waals surface area contributed by atoms with Crippen LogP contribution in [0.3, 0.4) is 0 Å². The Labute approximate surface area is 124 Å². The SMILES string of the molecule is COC(=O)N1CCc2c(OC)c(CO)cc(OC)c2C1C. The zero-order valence-corrected chi connectivity index (χ0v) is 12.8. The molecule has 0 spiro atoms. The van der Waals surface area contributed by atoms with Crippen LogP contribution in [-0.4, -0.2) is 44.0 Å². The number of aliphatic hydroxyl groups excluding tert-OH is 1. The molecule has 6 heteroatoms. The summed E-state index contributed by atoms with van der Waals surface area (Å²) in [5.74, 6) is 1.32. The quantitative estimate of drug-likeness (QED) is 0.922. The molecule has 1 atom stereocenters. The number of nitrogens with zero attached hydrogens (tertiary/aromatic N) is 1. The predicted octanol–water partition coefficient (Wildman–Crippen LogP) is 1.88. The summed E-state index contributed by atoms with van der Waals surface area (Å²) in [6, 6.07) is 1.58. The first-order chi connectivity index (χ1) is 10.1. The number of ether oxygens (including phenoxy) is 3. The molecule has 116 valence electrons. The van der Waals surface area contributed by atoms with Gasteiger partial charge in [-0.3, -0.25) is 0 Å². The van der Waals surface area contributed by atoms with Crippen molar-refractivity contribution in [2.75, 3.05) is 27.9 Å². The van der Waals surface area contributed by atoms with E-state index in [0.29, 0.717) is 30.0 Å². The first-order valence-electron chi connectivity index (χ1n) is 6.81. The number of carbonyl (C=O) groups is 1. The van der Waals surface area contributed by atoms with Crippen LogP contribution in [0.1, 0.15) is 29.7 Å². The first kappa shape index (κ1) is 15.4. The second-order valence-corrected chi connectivity index (χ2v) is 4.91. The van der Waals surface area contributed by atoms with Gasteiger partial charge in [0.1, 0.15) is 11.5 Å². The van der Waals surface area contributed by atoms with Crippen molar-refractivity contribution in [1.82, 2.24) is 4.90 Å². The topological polar surface area (TPSA) is 68.2 Å². The van der Waals surface area contributed by atoms with Crippen LogP contribution in [-0.2, 0) is 17.8 Å². The van der Waals surface area contributed by atoms with Gasteiger partial charge in [0.15, 0.2) is 0 Å². The van der Waals surface area contributed by atoms with Crippen LogP contribution >= 0.6 is 0 Å². The van der Waals surface area contributed by atoms with Gasteiger partial charge in [0.25, 0.3) is 0 Å². The smallest absolute Gasteiger partial charge is 0.409 e. The van der Waals surface area contributed by atoms with Gasteiger partial charge in [-0.15, -0.1) is 0 Å². The summed E-state index contributed by atoms with van der Waals surface area (Å²) in [5, 5.41) is 9.50. The molecule has 1 aromatic rings. The molecule has 1 aliphatic rings. The molecule has 0 bridgehead atoms. The number of benzene rings is 1. The first-order valence-corrected chi connectivity index (χ1v) is 6.81. The van der Waals surface area contributed by atoms with Crippen LogP contribution in [0.5, 0.6) is 11.5 Å². The molecule has 6 nitrogen and oxygen atoms in total. The normalized spacial score (nSPS) is 17.2. The number of amides is 1. The maximum absolute atomic E-state index is 11.9. The lowest BCUT2D eigenvalue weighted by Crippen LogP contribution is -2.39. The van der Waals surface area contributed by atoms with E-state index < -0.39 is 0 Å². The number of hydrogen-bond acceptors (Lipinski definition) is 5. The van der Waals surface area contributed by atoms with Gasteiger partial charge in [-0.25, -0.2) is 4.79 Å². The Morgan fingerprint density at radius 1 is 1.38 bits per heavy atom. The van der Waals surface area contributed by atoms with E-state index in [2.05, 4.69) is 0 Å². The van der Waals surface area contributed by atoms with Crippen LogP contribution in [0.15, 0.2) is 6.07 Å². The fourth-order valence-corrected chi connectivity index (χ4v) is 2.96. The van der Waals surface area contributed by atoms with Gasteiger partial charge < -0.3 is 24.2 Å². The summed E-state index contributed by atoms with van der Waals surface area (Å²) in [4.78, 5) is 13.5. The predicted molar refractivity (Wildman–Crippen MR) is 76.7 cm³/mol. The third-order valence-electron chi connectivity index (χ3n) is 3.95. The van der Waals surface area contributed by atoms with Gasteiger partial charge in [-0.2, -0.15) is 0 Å². The van der Waals surface area contributed by atoms with Crippen molar-refractivity contribution in [3.63, 3.8) is 0 Å². The molecule has 1 heterocycles. The van der Waals surface area contributed by atoms with Crippen molar-refractivity contribution in [2.24, 2.45) is 0 Å². The molecule has 0 fully saturated rings. The largest absolute Gasteiger partial charge is 0.496 e. The Morgan fingerprint density at radius 2 is 2.10 bits per heavy atom. The van der Waals surface area contributed by atoms with Crippen molar-refractivity contribution >= 4 is 6.09 Å². The fourth-order valence-electron chi connectivity index (χ4n) is 2.96. The van der Waals surface area contributed by atoms with Crippen molar-refractivity contribution < 1.29 is 24.1 Å². The zero-order valence-electron chi connectivity index (χ0n) is 12.8. The summed E-state index contributed by atoms with van der Waals surface area (Å²) in [6.45, 7) is 2.34. The molecule has 2 rings (SSSR count). The zero-order chi connectivity index (χ0) is 15.6. The van der Waals surface area contributed by atoms with E-state index in [0.717, 1.165) is 11.1 Å². The highest BCUT2D eigenvalue weighted by Gasteiger charge is 2.33. The summed E-state index contributed by atoms with van der Waals surface area (Å²) in [7, 11) is 4.53. The van der Waals surface area contributed by atoms with Crippen molar-refractivity contribution in [2.45, 2.75) is 26.0 Å². The lowest BCUT2D eigenvalue weighted by atomic mass is 9.90. The molecule has 1 amide bonds. The van der Waals surface area contributed by atoms with E-state index in [1.54, 1.807) is 25.2 Å². The number of methoxy groups -OCH3 is 3. The summed E-state index contributed by atoms with van der Waals surface area (Å²) >= 11 is 0. The standard InChI is InChI=1S/C15H21NO5/c1-9-13-11(5-6-16(9)15(18)21-4)14(20-3)10(8-17)7-12(13)19-2/h7,9,17H,5-6,8H2,1-4H3. The highest BCUT2D eigenvalue weighted by Crippen LogP contribution is 2.43. The maximum Gasteiger partial charge on any atom is 0.409 e. The van der Waals surface area contributed by atoms with Crippen molar-refractivity contribution in [3.8, 4) is 11.5 Å². The lowest BCUT2D eigenvalue weighted by Gasteiger charge is -2.36. The van der Waals surface area contributed by atoms with E-state index in [-0.39, 0.29) is 18.7 Å². The van der Waals surface area contributed by atoms with E-state index in [9.17, 15) is 9.90 Å². The minimum absolute atomic E-state index is 0.123. The molecule has 21 heavy (non-hydrogen) atoms. The van der Waals surface area contributed by atoms with E-state index >= 15 is 0 Å². The molecule has 1 aliphatic heterocycles. The number of hydrogen-bond donors (Lipinski definition) is 1. The number of carbonyl (C=O) groups excluding carboxylic acids is 1. The second kappa shape index (κ2) is 6.22. The summed E-state index contributed by atoms with van der Waals surface area (Å²) in [6.07, 6.45) is 0.266. The Morgan fingerprint density at radius 3 is 2.62 bits per heavy atom. The van der Waals surface area contributed by atoms with Crippen LogP contribution in [0, 0.1) is 0 Å². The Balaban J connectivity index is 2.58. The average Bonchev–Trinajstić information content (AvgIpc) is 2.52. The van der Waals surface area contributed by atoms with Crippen molar-refractivity contribution in [3.05, 3.63) is 22.8 Å². The summed E-state index contributed by atoms with van der Waals surface area (Å²) < 4.78 is 15.7. The van der Waals surface area contributed by atoms with Gasteiger partial charge in [0.05, 0.1) is 34.0 Å². The summed E-state index contributed by atoms with van der Waals surface area (Å²) in [5.41, 5.74) is 2.57. The van der Waals surface area contributed by atoms with Gasteiger partial charge in [-0.1, -0.05) is 0 Å².